The van der Waals surface area contributed by atoms with Crippen LogP contribution in [-0.2, 0) is 4.79 Å². The molecular weight excluding hydrogens is 236 g/mol. The van der Waals surface area contributed by atoms with E-state index in [1.54, 1.807) is 0 Å². The van der Waals surface area contributed by atoms with E-state index in [0.717, 1.165) is 25.9 Å². The zero-order valence-electron chi connectivity index (χ0n) is 10.5. The van der Waals surface area contributed by atoms with Gasteiger partial charge in [0, 0.05) is 19.0 Å². The minimum atomic E-state index is 0. The number of hydrogen-bond donors (Lipinski definition) is 2. The van der Waals surface area contributed by atoms with Gasteiger partial charge in [-0.25, -0.2) is 0 Å². The molecule has 2 rings (SSSR count). The molecule has 1 atom stereocenters. The van der Waals surface area contributed by atoms with Crippen molar-refractivity contribution in [1.82, 2.24) is 10.6 Å². The van der Waals surface area contributed by atoms with Gasteiger partial charge in [0.1, 0.15) is 0 Å². The van der Waals surface area contributed by atoms with Crippen molar-refractivity contribution in [2.24, 2.45) is 5.92 Å². The Balaban J connectivity index is 0.00000144. The van der Waals surface area contributed by atoms with Gasteiger partial charge in [0.15, 0.2) is 0 Å². The fraction of sp³-hybridized carbons (Fsp3) is 0.923. The Labute approximate surface area is 111 Å². The van der Waals surface area contributed by atoms with Crippen LogP contribution < -0.4 is 10.6 Å². The zero-order valence-corrected chi connectivity index (χ0v) is 11.4. The van der Waals surface area contributed by atoms with E-state index in [4.69, 9.17) is 0 Å². The van der Waals surface area contributed by atoms with Crippen LogP contribution in [0.2, 0.25) is 0 Å². The average molecular weight is 261 g/mol. The predicted molar refractivity (Wildman–Crippen MR) is 72.5 cm³/mol. The number of carbonyl (C=O) groups excluding carboxylic acids is 1. The molecular formula is C13H25ClN2O. The number of piperidine rings is 1. The highest BCUT2D eigenvalue weighted by atomic mass is 35.5. The summed E-state index contributed by atoms with van der Waals surface area (Å²) < 4.78 is 0. The fourth-order valence-electron chi connectivity index (χ4n) is 2.92. The van der Waals surface area contributed by atoms with Gasteiger partial charge >= 0.3 is 0 Å². The van der Waals surface area contributed by atoms with Crippen LogP contribution in [0, 0.1) is 5.92 Å². The lowest BCUT2D eigenvalue weighted by Crippen LogP contribution is -2.46. The van der Waals surface area contributed by atoms with Gasteiger partial charge in [-0.3, -0.25) is 4.79 Å². The first-order valence-electron chi connectivity index (χ1n) is 6.84. The molecule has 17 heavy (non-hydrogen) atoms. The number of carbonyl (C=O) groups is 1. The summed E-state index contributed by atoms with van der Waals surface area (Å²) >= 11 is 0. The summed E-state index contributed by atoms with van der Waals surface area (Å²) in [5.74, 6) is 0.936. The third kappa shape index (κ3) is 5.26. The number of halogens is 1. The first-order valence-corrected chi connectivity index (χ1v) is 6.84. The van der Waals surface area contributed by atoms with Gasteiger partial charge < -0.3 is 10.6 Å². The van der Waals surface area contributed by atoms with Gasteiger partial charge in [-0.05, 0) is 38.1 Å². The first kappa shape index (κ1) is 14.8. The molecule has 0 bridgehead atoms. The van der Waals surface area contributed by atoms with E-state index in [-0.39, 0.29) is 18.3 Å². The molecule has 2 N–H and O–H groups in total. The lowest BCUT2D eigenvalue weighted by molar-refractivity contribution is -0.123. The van der Waals surface area contributed by atoms with Gasteiger partial charge in [0.05, 0.1) is 0 Å². The molecule has 0 aromatic rings. The van der Waals surface area contributed by atoms with Crippen LogP contribution in [-0.4, -0.2) is 25.0 Å². The molecule has 100 valence electrons. The van der Waals surface area contributed by atoms with Crippen molar-refractivity contribution in [2.45, 2.75) is 57.4 Å². The molecule has 4 heteroatoms. The summed E-state index contributed by atoms with van der Waals surface area (Å²) in [5.41, 5.74) is 0. The van der Waals surface area contributed by atoms with E-state index in [1.807, 2.05) is 0 Å². The Bertz CT molecular complexity index is 201. The topological polar surface area (TPSA) is 41.1 Å². The smallest absolute Gasteiger partial charge is 0.220 e. The highest BCUT2D eigenvalue weighted by Gasteiger charge is 2.20. The van der Waals surface area contributed by atoms with Crippen molar-refractivity contribution in [3.8, 4) is 0 Å². The molecule has 1 saturated carbocycles. The van der Waals surface area contributed by atoms with Crippen molar-refractivity contribution < 1.29 is 4.79 Å². The van der Waals surface area contributed by atoms with Crippen molar-refractivity contribution in [2.75, 3.05) is 13.1 Å². The summed E-state index contributed by atoms with van der Waals surface area (Å²) in [7, 11) is 0. The predicted octanol–water partition coefficient (Wildman–Crippen LogP) is 2.25. The maximum absolute atomic E-state index is 11.8. The van der Waals surface area contributed by atoms with Gasteiger partial charge in [-0.2, -0.15) is 0 Å². The molecule has 0 radical (unpaired) electrons. The second-order valence-electron chi connectivity index (χ2n) is 5.32. The van der Waals surface area contributed by atoms with Crippen molar-refractivity contribution in [1.29, 1.82) is 0 Å². The van der Waals surface area contributed by atoms with Crippen LogP contribution in [0.15, 0.2) is 0 Å². The van der Waals surface area contributed by atoms with E-state index >= 15 is 0 Å². The minimum Gasteiger partial charge on any atom is -0.352 e. The van der Waals surface area contributed by atoms with Gasteiger partial charge in [0.25, 0.3) is 0 Å². The Hall–Kier alpha value is -0.280. The first-order chi connectivity index (χ1) is 7.84. The maximum atomic E-state index is 11.8. The van der Waals surface area contributed by atoms with Crippen molar-refractivity contribution in [3.05, 3.63) is 0 Å². The molecule has 1 amide bonds. The maximum Gasteiger partial charge on any atom is 0.220 e. The molecule has 1 aliphatic carbocycles. The molecule has 3 nitrogen and oxygen atoms in total. The lowest BCUT2D eigenvalue weighted by atomic mass is 9.87. The number of hydrogen-bond acceptors (Lipinski definition) is 2. The summed E-state index contributed by atoms with van der Waals surface area (Å²) in [6.07, 6.45) is 9.62. The van der Waals surface area contributed by atoms with Crippen molar-refractivity contribution in [3.63, 3.8) is 0 Å². The summed E-state index contributed by atoms with van der Waals surface area (Å²) in [5, 5.41) is 6.49. The van der Waals surface area contributed by atoms with Crippen LogP contribution in [0.3, 0.4) is 0 Å². The van der Waals surface area contributed by atoms with Gasteiger partial charge in [0.2, 0.25) is 5.91 Å². The molecule has 1 aliphatic heterocycles. The van der Waals surface area contributed by atoms with Crippen LogP contribution in [0.4, 0.5) is 0 Å². The molecule has 1 heterocycles. The summed E-state index contributed by atoms with van der Waals surface area (Å²) in [6.45, 7) is 2.06. The highest BCUT2D eigenvalue weighted by molar-refractivity contribution is 5.85. The SMILES string of the molecule is Cl.O=C(CC1CCCCC1)N[C@H]1CCCNC1. The molecule has 0 aromatic carbocycles. The monoisotopic (exact) mass is 260 g/mol. The van der Waals surface area contributed by atoms with Gasteiger partial charge in [-0.1, -0.05) is 19.3 Å². The Kier molecular flexibility index (Phi) is 6.90. The summed E-state index contributed by atoms with van der Waals surface area (Å²) in [4.78, 5) is 11.8. The van der Waals surface area contributed by atoms with Crippen molar-refractivity contribution >= 4 is 18.3 Å². The third-order valence-corrected chi connectivity index (χ3v) is 3.86. The van der Waals surface area contributed by atoms with E-state index in [2.05, 4.69) is 10.6 Å². The molecule has 1 saturated heterocycles. The standard InChI is InChI=1S/C13H24N2O.ClH/c16-13(9-11-5-2-1-3-6-11)15-12-7-4-8-14-10-12;/h11-12,14H,1-10H2,(H,15,16);1H/t12-;/m0./s1. The fourth-order valence-corrected chi connectivity index (χ4v) is 2.92. The second kappa shape index (κ2) is 7.93. The number of nitrogens with one attached hydrogen (secondary N) is 2. The van der Waals surface area contributed by atoms with E-state index in [9.17, 15) is 4.79 Å². The number of amides is 1. The summed E-state index contributed by atoms with van der Waals surface area (Å²) in [6, 6.07) is 0.379. The Morgan fingerprint density at radius 3 is 2.53 bits per heavy atom. The van der Waals surface area contributed by atoms with Crippen LogP contribution in [0.5, 0.6) is 0 Å². The van der Waals surface area contributed by atoms with E-state index in [1.165, 1.54) is 38.5 Å². The lowest BCUT2D eigenvalue weighted by Gasteiger charge is -2.26. The van der Waals surface area contributed by atoms with Crippen LogP contribution in [0.25, 0.3) is 0 Å². The average Bonchev–Trinajstić information content (AvgIpc) is 2.31. The molecule has 0 spiro atoms. The van der Waals surface area contributed by atoms with Crippen LogP contribution >= 0.6 is 12.4 Å². The second-order valence-corrected chi connectivity index (χ2v) is 5.32. The minimum absolute atomic E-state index is 0. The normalized spacial score (nSPS) is 26.0. The van der Waals surface area contributed by atoms with Crippen LogP contribution in [0.1, 0.15) is 51.4 Å². The third-order valence-electron chi connectivity index (χ3n) is 3.86. The van der Waals surface area contributed by atoms with Gasteiger partial charge in [-0.15, -0.1) is 12.4 Å². The molecule has 2 fully saturated rings. The molecule has 0 unspecified atom stereocenters. The molecule has 0 aromatic heterocycles. The Morgan fingerprint density at radius 1 is 1.12 bits per heavy atom. The molecule has 2 aliphatic rings. The quantitative estimate of drug-likeness (QED) is 0.817. The number of rotatable bonds is 3. The highest BCUT2D eigenvalue weighted by Crippen LogP contribution is 2.26. The largest absolute Gasteiger partial charge is 0.352 e. The van der Waals surface area contributed by atoms with E-state index in [0.29, 0.717) is 12.0 Å². The Morgan fingerprint density at radius 2 is 1.88 bits per heavy atom. The van der Waals surface area contributed by atoms with E-state index < -0.39 is 0 Å². The zero-order chi connectivity index (χ0) is 11.2.